The fraction of sp³-hybridized carbons (Fsp3) is 0.455. The predicted molar refractivity (Wildman–Crippen MR) is 64.8 cm³/mol. The van der Waals surface area contributed by atoms with E-state index in [1.807, 2.05) is 0 Å². The number of nitrogens with two attached hydrogens (primary N) is 1. The van der Waals surface area contributed by atoms with Crippen LogP contribution in [0.1, 0.15) is 13.8 Å². The fourth-order valence-corrected chi connectivity index (χ4v) is 1.64. The molecule has 2 N–H and O–H groups in total. The summed E-state index contributed by atoms with van der Waals surface area (Å²) in [6, 6.07) is 5.17. The van der Waals surface area contributed by atoms with E-state index >= 15 is 0 Å². The number of benzene rings is 1. The van der Waals surface area contributed by atoms with Crippen molar-refractivity contribution in [1.29, 1.82) is 0 Å². The van der Waals surface area contributed by atoms with Crippen LogP contribution in [0, 0.1) is 5.92 Å². The molecule has 0 amide bonds. The number of rotatable bonds is 4. The van der Waals surface area contributed by atoms with Gasteiger partial charge >= 0.3 is 0 Å². The molecule has 0 radical (unpaired) electrons. The minimum absolute atomic E-state index is 0.0244. The van der Waals surface area contributed by atoms with E-state index in [4.69, 9.17) is 33.7 Å². The lowest BCUT2D eigenvalue weighted by Crippen LogP contribution is -2.31. The molecule has 4 heteroatoms. The first-order valence-electron chi connectivity index (χ1n) is 4.86. The second-order valence-electron chi connectivity index (χ2n) is 3.71. The molecule has 1 unspecified atom stereocenters. The van der Waals surface area contributed by atoms with Crippen LogP contribution >= 0.6 is 23.2 Å². The summed E-state index contributed by atoms with van der Waals surface area (Å²) >= 11 is 11.8. The first-order valence-corrected chi connectivity index (χ1v) is 5.62. The van der Waals surface area contributed by atoms with Gasteiger partial charge in [0.2, 0.25) is 0 Å². The van der Waals surface area contributed by atoms with Gasteiger partial charge < -0.3 is 10.5 Å². The minimum atomic E-state index is -0.0244. The molecule has 0 aliphatic rings. The van der Waals surface area contributed by atoms with Crippen LogP contribution in [0.15, 0.2) is 18.2 Å². The Morgan fingerprint density at radius 2 is 2.00 bits per heavy atom. The zero-order chi connectivity index (χ0) is 11.4. The van der Waals surface area contributed by atoms with E-state index in [-0.39, 0.29) is 6.10 Å². The quantitative estimate of drug-likeness (QED) is 0.886. The Morgan fingerprint density at radius 3 is 2.47 bits per heavy atom. The molecule has 0 aromatic heterocycles. The van der Waals surface area contributed by atoms with Crippen LogP contribution in [0.3, 0.4) is 0 Å². The molecule has 1 atom stereocenters. The third-order valence-electron chi connectivity index (χ3n) is 2.15. The molecule has 0 aliphatic carbocycles. The molecule has 15 heavy (non-hydrogen) atoms. The third-order valence-corrected chi connectivity index (χ3v) is 2.68. The van der Waals surface area contributed by atoms with Crippen molar-refractivity contribution in [2.45, 2.75) is 20.0 Å². The van der Waals surface area contributed by atoms with Crippen LogP contribution in [0.25, 0.3) is 0 Å². The van der Waals surface area contributed by atoms with E-state index < -0.39 is 0 Å². The summed E-state index contributed by atoms with van der Waals surface area (Å²) in [6.45, 7) is 4.58. The Bertz CT molecular complexity index is 328. The zero-order valence-corrected chi connectivity index (χ0v) is 10.3. The summed E-state index contributed by atoms with van der Waals surface area (Å²) in [5.74, 6) is 0.979. The molecular weight excluding hydrogens is 233 g/mol. The first-order chi connectivity index (χ1) is 7.04. The highest BCUT2D eigenvalue weighted by molar-refractivity contribution is 6.35. The summed E-state index contributed by atoms with van der Waals surface area (Å²) in [5, 5.41) is 1.11. The van der Waals surface area contributed by atoms with Gasteiger partial charge in [-0.25, -0.2) is 0 Å². The minimum Gasteiger partial charge on any atom is -0.487 e. The summed E-state index contributed by atoms with van der Waals surface area (Å²) in [4.78, 5) is 0. The maximum atomic E-state index is 5.98. The van der Waals surface area contributed by atoms with Gasteiger partial charge in [-0.1, -0.05) is 37.0 Å². The average molecular weight is 248 g/mol. The maximum absolute atomic E-state index is 5.98. The normalized spacial score (nSPS) is 12.9. The van der Waals surface area contributed by atoms with E-state index in [9.17, 15) is 0 Å². The van der Waals surface area contributed by atoms with E-state index in [1.165, 1.54) is 0 Å². The molecule has 0 saturated carbocycles. The largest absolute Gasteiger partial charge is 0.487 e. The molecule has 1 aromatic rings. The van der Waals surface area contributed by atoms with Gasteiger partial charge in [-0.3, -0.25) is 0 Å². The van der Waals surface area contributed by atoms with Crippen molar-refractivity contribution in [3.05, 3.63) is 28.2 Å². The molecule has 0 heterocycles. The average Bonchev–Trinajstić information content (AvgIpc) is 2.16. The van der Waals surface area contributed by atoms with Crippen molar-refractivity contribution >= 4 is 23.2 Å². The molecule has 0 aliphatic heterocycles. The molecule has 0 saturated heterocycles. The van der Waals surface area contributed by atoms with Crippen LogP contribution in [-0.4, -0.2) is 12.6 Å². The van der Waals surface area contributed by atoms with Crippen LogP contribution < -0.4 is 10.5 Å². The van der Waals surface area contributed by atoms with E-state index in [1.54, 1.807) is 18.2 Å². The number of ether oxygens (including phenoxy) is 1. The number of halogens is 2. The SMILES string of the molecule is CC(C)C(CN)Oc1ccc(Cl)cc1Cl. The molecule has 0 fully saturated rings. The molecule has 0 spiro atoms. The Labute approximate surface area is 100 Å². The highest BCUT2D eigenvalue weighted by atomic mass is 35.5. The summed E-state index contributed by atoms with van der Waals surface area (Å²) < 4.78 is 5.70. The van der Waals surface area contributed by atoms with Gasteiger partial charge in [0.25, 0.3) is 0 Å². The summed E-state index contributed by atoms with van der Waals surface area (Å²) in [5.41, 5.74) is 5.61. The second kappa shape index (κ2) is 5.59. The Hall–Kier alpha value is -0.440. The molecule has 2 nitrogen and oxygen atoms in total. The van der Waals surface area contributed by atoms with Crippen LogP contribution in [0.5, 0.6) is 5.75 Å². The molecule has 84 valence electrons. The monoisotopic (exact) mass is 247 g/mol. The molecule has 1 rings (SSSR count). The predicted octanol–water partition coefficient (Wildman–Crippen LogP) is 3.36. The Balaban J connectivity index is 2.79. The van der Waals surface area contributed by atoms with Crippen LogP contribution in [0.2, 0.25) is 10.0 Å². The van der Waals surface area contributed by atoms with E-state index in [0.717, 1.165) is 0 Å². The van der Waals surface area contributed by atoms with Crippen molar-refractivity contribution in [3.8, 4) is 5.75 Å². The van der Waals surface area contributed by atoms with Gasteiger partial charge in [0, 0.05) is 11.6 Å². The Kier molecular flexibility index (Phi) is 4.71. The third kappa shape index (κ3) is 3.56. The lowest BCUT2D eigenvalue weighted by Gasteiger charge is -2.21. The van der Waals surface area contributed by atoms with Gasteiger partial charge in [0.05, 0.1) is 5.02 Å². The van der Waals surface area contributed by atoms with Gasteiger partial charge in [-0.05, 0) is 24.1 Å². The van der Waals surface area contributed by atoms with Crippen molar-refractivity contribution in [2.75, 3.05) is 6.54 Å². The van der Waals surface area contributed by atoms with Crippen molar-refractivity contribution in [1.82, 2.24) is 0 Å². The van der Waals surface area contributed by atoms with E-state index in [0.29, 0.717) is 28.3 Å². The van der Waals surface area contributed by atoms with Gasteiger partial charge in [-0.2, -0.15) is 0 Å². The molecule has 1 aromatic carbocycles. The van der Waals surface area contributed by atoms with Crippen LogP contribution in [0.4, 0.5) is 0 Å². The van der Waals surface area contributed by atoms with Gasteiger partial charge in [0.15, 0.2) is 0 Å². The van der Waals surface area contributed by atoms with Gasteiger partial charge in [0.1, 0.15) is 11.9 Å². The van der Waals surface area contributed by atoms with E-state index in [2.05, 4.69) is 13.8 Å². The van der Waals surface area contributed by atoms with Crippen molar-refractivity contribution in [3.63, 3.8) is 0 Å². The smallest absolute Gasteiger partial charge is 0.138 e. The zero-order valence-electron chi connectivity index (χ0n) is 8.84. The first kappa shape index (κ1) is 12.6. The second-order valence-corrected chi connectivity index (χ2v) is 4.55. The van der Waals surface area contributed by atoms with Crippen LogP contribution in [-0.2, 0) is 0 Å². The molecular formula is C11H15Cl2NO. The van der Waals surface area contributed by atoms with Crippen molar-refractivity contribution in [2.24, 2.45) is 11.7 Å². The van der Waals surface area contributed by atoms with Gasteiger partial charge in [-0.15, -0.1) is 0 Å². The topological polar surface area (TPSA) is 35.2 Å². The lowest BCUT2D eigenvalue weighted by atomic mass is 10.1. The number of hydrogen-bond acceptors (Lipinski definition) is 2. The summed E-state index contributed by atoms with van der Waals surface area (Å²) in [7, 11) is 0. The Morgan fingerprint density at radius 1 is 1.33 bits per heavy atom. The number of hydrogen-bond donors (Lipinski definition) is 1. The summed E-state index contributed by atoms with van der Waals surface area (Å²) in [6.07, 6.45) is -0.0244. The highest BCUT2D eigenvalue weighted by Crippen LogP contribution is 2.29. The lowest BCUT2D eigenvalue weighted by molar-refractivity contribution is 0.159. The molecule has 0 bridgehead atoms. The highest BCUT2D eigenvalue weighted by Gasteiger charge is 2.14. The maximum Gasteiger partial charge on any atom is 0.138 e. The standard InChI is InChI=1S/C11H15Cl2NO/c1-7(2)11(6-14)15-10-4-3-8(12)5-9(10)13/h3-5,7,11H,6,14H2,1-2H3. The fourth-order valence-electron chi connectivity index (χ4n) is 1.19. The van der Waals surface area contributed by atoms with Crippen molar-refractivity contribution < 1.29 is 4.74 Å².